The zero-order valence-electron chi connectivity index (χ0n) is 38.0. The SMILES string of the molecule is C[C@H](NC(=O)CCC(=O)[C@H](C)NC(=O)[C@@H]1Cc2ccc(O)c(c2)-c2cc(ccc2O)[C@H](N(C)C(=O)[C@H](CCCCN)NC(=O)c2ccc(-c3ccc(Cl)cc3)cc2)C(=O)N[C@@H](C)C(=O)N1)C(=O)O. The van der Waals surface area contributed by atoms with Crippen LogP contribution in [0.15, 0.2) is 84.9 Å². The molecule has 0 saturated carbocycles. The number of ketones is 1. The normalized spacial score (nSPS) is 17.2. The van der Waals surface area contributed by atoms with Crippen LogP contribution in [0, 0.1) is 0 Å². The van der Waals surface area contributed by atoms with Crippen molar-refractivity contribution >= 4 is 58.8 Å². The van der Waals surface area contributed by atoms with Crippen LogP contribution in [-0.2, 0) is 40.0 Å². The molecule has 18 nitrogen and oxygen atoms in total. The predicted octanol–water partition coefficient (Wildman–Crippen LogP) is 3.50. The molecular formula is C49H56ClN7O11. The number of aliphatic carboxylic acids is 1. The molecule has 6 amide bonds. The molecule has 5 rings (SSSR count). The molecule has 68 heavy (non-hydrogen) atoms. The number of carboxylic acids is 1. The number of halogens is 1. The van der Waals surface area contributed by atoms with Crippen molar-refractivity contribution in [2.75, 3.05) is 13.6 Å². The first-order chi connectivity index (χ1) is 32.3. The number of carbonyl (C=O) groups is 8. The minimum Gasteiger partial charge on any atom is -0.507 e. The summed E-state index contributed by atoms with van der Waals surface area (Å²) < 4.78 is 0. The molecule has 19 heteroatoms. The highest BCUT2D eigenvalue weighted by molar-refractivity contribution is 6.30. The van der Waals surface area contributed by atoms with E-state index in [0.29, 0.717) is 30.0 Å². The summed E-state index contributed by atoms with van der Waals surface area (Å²) >= 11 is 6.05. The standard InChI is InChI=1S/C49H56ClN7O11/c1-26(39(58)20-21-42(61)52-28(3)49(67)68)53-46(64)38-24-29-8-18-40(59)35(23-29)36-25-33(15-19-41(36)60)43(47(65)54-27(2)44(62)56-38)57(4)48(66)37(7-5-6-22-51)55-45(63)32-11-9-30(10-12-32)31-13-16-34(50)17-14-31/h8-19,23,25-28,37-38,43,59-60H,5-7,20-22,24,51H2,1-4H3,(H,52,61)(H,53,64)(H,54,65)(H,55,63)(H,56,62)(H,67,68)/t26-,27-,28-,37-,38-,43-/m0/s1. The molecule has 0 spiro atoms. The lowest BCUT2D eigenvalue weighted by molar-refractivity contribution is -0.141. The van der Waals surface area contributed by atoms with Gasteiger partial charge in [0.2, 0.25) is 29.5 Å². The average Bonchev–Trinajstić information content (AvgIpc) is 3.30. The second kappa shape index (κ2) is 23.4. The number of Topliss-reactive ketones (excluding diaryl/α,β-unsaturated/α-hetero) is 1. The fourth-order valence-electron chi connectivity index (χ4n) is 7.56. The Morgan fingerprint density at radius 3 is 2.03 bits per heavy atom. The van der Waals surface area contributed by atoms with Crippen molar-refractivity contribution in [3.05, 3.63) is 107 Å². The smallest absolute Gasteiger partial charge is 0.325 e. The number of amides is 6. The molecule has 1 aliphatic rings. The summed E-state index contributed by atoms with van der Waals surface area (Å²) in [5.41, 5.74) is 8.48. The number of phenols is 2. The zero-order chi connectivity index (χ0) is 49.8. The summed E-state index contributed by atoms with van der Waals surface area (Å²) in [5, 5.41) is 44.8. The molecule has 6 atom stereocenters. The third-order valence-corrected chi connectivity index (χ3v) is 11.8. The van der Waals surface area contributed by atoms with E-state index in [4.69, 9.17) is 22.4 Å². The van der Waals surface area contributed by atoms with Crippen molar-refractivity contribution in [1.82, 2.24) is 31.5 Å². The van der Waals surface area contributed by atoms with Gasteiger partial charge in [-0.25, -0.2) is 0 Å². The van der Waals surface area contributed by atoms with Gasteiger partial charge in [0.25, 0.3) is 5.91 Å². The summed E-state index contributed by atoms with van der Waals surface area (Å²) in [7, 11) is 1.36. The van der Waals surface area contributed by atoms with Gasteiger partial charge >= 0.3 is 5.97 Å². The lowest BCUT2D eigenvalue weighted by Crippen LogP contribution is -2.56. The highest BCUT2D eigenvalue weighted by atomic mass is 35.5. The molecule has 0 fully saturated rings. The minimum absolute atomic E-state index is 0.0616. The Hall–Kier alpha value is -7.31. The number of likely N-dealkylation sites (N-methyl/N-ethyl adjacent to an activating group) is 1. The van der Waals surface area contributed by atoms with Crippen LogP contribution in [-0.4, -0.2) is 111 Å². The monoisotopic (exact) mass is 953 g/mol. The summed E-state index contributed by atoms with van der Waals surface area (Å²) in [6.45, 7) is 4.34. The Kier molecular flexibility index (Phi) is 17.8. The summed E-state index contributed by atoms with van der Waals surface area (Å²) in [6, 6.07) is 14.7. The van der Waals surface area contributed by atoms with E-state index in [-0.39, 0.29) is 59.4 Å². The Bertz CT molecular complexity index is 2540. The van der Waals surface area contributed by atoms with Crippen LogP contribution >= 0.6 is 11.6 Å². The van der Waals surface area contributed by atoms with Crippen molar-refractivity contribution < 1.29 is 53.7 Å². The highest BCUT2D eigenvalue weighted by Crippen LogP contribution is 2.39. The molecule has 4 aromatic carbocycles. The second-order valence-corrected chi connectivity index (χ2v) is 17.1. The Morgan fingerprint density at radius 1 is 0.779 bits per heavy atom. The number of hydrogen-bond acceptors (Lipinski definition) is 11. The zero-order valence-corrected chi connectivity index (χ0v) is 38.8. The number of fused-ring (bicyclic) bond motifs is 5. The van der Waals surface area contributed by atoms with Gasteiger partial charge in [-0.1, -0.05) is 48.0 Å². The van der Waals surface area contributed by atoms with Crippen molar-refractivity contribution in [1.29, 1.82) is 0 Å². The van der Waals surface area contributed by atoms with Gasteiger partial charge in [0.05, 0.1) is 6.04 Å². The number of carboxylic acid groups (broad SMARTS) is 1. The van der Waals surface area contributed by atoms with Gasteiger partial charge < -0.3 is 52.5 Å². The first kappa shape index (κ1) is 51.7. The molecule has 10 N–H and O–H groups in total. The predicted molar refractivity (Wildman–Crippen MR) is 252 cm³/mol. The molecule has 4 bridgehead atoms. The first-order valence-electron chi connectivity index (χ1n) is 22.0. The lowest BCUT2D eigenvalue weighted by Gasteiger charge is -2.32. The van der Waals surface area contributed by atoms with Gasteiger partial charge in [0.1, 0.15) is 41.7 Å². The largest absolute Gasteiger partial charge is 0.507 e. The van der Waals surface area contributed by atoms with Crippen LogP contribution in [0.3, 0.4) is 0 Å². The first-order valence-corrected chi connectivity index (χ1v) is 22.4. The summed E-state index contributed by atoms with van der Waals surface area (Å²) in [5.74, 6) is -6.77. The number of rotatable bonds is 17. The van der Waals surface area contributed by atoms with E-state index >= 15 is 0 Å². The second-order valence-electron chi connectivity index (χ2n) is 16.7. The number of nitrogens with two attached hydrogens (primary N) is 1. The minimum atomic E-state index is -1.49. The molecule has 0 aromatic heterocycles. The van der Waals surface area contributed by atoms with Crippen LogP contribution in [0.2, 0.25) is 5.02 Å². The fourth-order valence-corrected chi connectivity index (χ4v) is 7.69. The number of phenolic OH excluding ortho intramolecular Hbond substituents is 2. The van der Waals surface area contributed by atoms with Crippen molar-refractivity contribution in [3.8, 4) is 33.8 Å². The van der Waals surface area contributed by atoms with Crippen LogP contribution in [0.25, 0.3) is 22.3 Å². The number of hydrogen-bond donors (Lipinski definition) is 9. The molecule has 0 saturated heterocycles. The molecule has 1 aliphatic heterocycles. The van der Waals surface area contributed by atoms with Gasteiger partial charge in [-0.2, -0.15) is 0 Å². The molecule has 4 aromatic rings. The van der Waals surface area contributed by atoms with Gasteiger partial charge in [0.15, 0.2) is 5.78 Å². The fraction of sp³-hybridized carbons (Fsp3) is 0.347. The number of nitrogens with one attached hydrogen (secondary N) is 5. The van der Waals surface area contributed by atoms with E-state index in [0.717, 1.165) is 16.0 Å². The maximum atomic E-state index is 14.6. The van der Waals surface area contributed by atoms with Crippen LogP contribution < -0.4 is 32.3 Å². The average molecular weight is 954 g/mol. The van der Waals surface area contributed by atoms with E-state index < -0.39 is 83.4 Å². The van der Waals surface area contributed by atoms with Crippen molar-refractivity contribution in [2.24, 2.45) is 5.73 Å². The third kappa shape index (κ3) is 13.4. The van der Waals surface area contributed by atoms with Crippen molar-refractivity contribution in [3.63, 3.8) is 0 Å². The summed E-state index contributed by atoms with van der Waals surface area (Å²) in [4.78, 5) is 108. The number of benzene rings is 4. The van der Waals surface area contributed by atoms with Gasteiger partial charge in [-0.15, -0.1) is 0 Å². The molecule has 0 unspecified atom stereocenters. The number of aromatic hydroxyl groups is 2. The number of unbranched alkanes of at least 4 members (excludes halogenated alkanes) is 1. The molecule has 0 radical (unpaired) electrons. The topological polar surface area (TPSA) is 287 Å². The molecule has 360 valence electrons. The van der Waals surface area contributed by atoms with Crippen molar-refractivity contribution in [2.45, 2.75) is 95.5 Å². The Labute approximate surface area is 398 Å². The number of carbonyl (C=O) groups excluding carboxylic acids is 7. The van der Waals surface area contributed by atoms with Gasteiger partial charge in [-0.05, 0) is 117 Å². The highest BCUT2D eigenvalue weighted by Gasteiger charge is 2.36. The van der Waals surface area contributed by atoms with E-state index in [1.54, 1.807) is 36.4 Å². The maximum absolute atomic E-state index is 14.6. The Balaban J connectivity index is 1.43. The van der Waals surface area contributed by atoms with Crippen LogP contribution in [0.5, 0.6) is 11.5 Å². The lowest BCUT2D eigenvalue weighted by atomic mass is 9.93. The van der Waals surface area contributed by atoms with Gasteiger partial charge in [0, 0.05) is 48.0 Å². The number of nitrogens with zero attached hydrogens (tertiary/aromatic N) is 1. The van der Waals surface area contributed by atoms with E-state index in [2.05, 4.69) is 26.6 Å². The molecule has 0 aliphatic carbocycles. The molecular weight excluding hydrogens is 898 g/mol. The van der Waals surface area contributed by atoms with E-state index in [1.807, 2.05) is 12.1 Å². The summed E-state index contributed by atoms with van der Waals surface area (Å²) in [6.07, 6.45) is 0.260. The third-order valence-electron chi connectivity index (χ3n) is 11.6. The van der Waals surface area contributed by atoms with Gasteiger partial charge in [-0.3, -0.25) is 38.4 Å². The quantitative estimate of drug-likeness (QED) is 0.0688. The Morgan fingerprint density at radius 2 is 1.40 bits per heavy atom. The molecule has 1 heterocycles. The van der Waals surface area contributed by atoms with Crippen LogP contribution in [0.1, 0.15) is 80.4 Å². The van der Waals surface area contributed by atoms with E-state index in [9.17, 15) is 48.6 Å². The van der Waals surface area contributed by atoms with Crippen LogP contribution in [0.4, 0.5) is 0 Å². The van der Waals surface area contributed by atoms with E-state index in [1.165, 1.54) is 64.2 Å². The maximum Gasteiger partial charge on any atom is 0.325 e.